The van der Waals surface area contributed by atoms with Gasteiger partial charge < -0.3 is 14.5 Å². The van der Waals surface area contributed by atoms with Crippen molar-refractivity contribution in [2.45, 2.75) is 32.9 Å². The lowest BCUT2D eigenvalue weighted by molar-refractivity contribution is 0.0690. The van der Waals surface area contributed by atoms with E-state index in [0.29, 0.717) is 18.4 Å². The second kappa shape index (κ2) is 6.04. The van der Waals surface area contributed by atoms with E-state index in [-0.39, 0.29) is 11.7 Å². The van der Waals surface area contributed by atoms with Crippen LogP contribution in [0.25, 0.3) is 10.9 Å². The van der Waals surface area contributed by atoms with Gasteiger partial charge in [0.25, 0.3) is 0 Å². The number of aromatic nitrogens is 2. The van der Waals surface area contributed by atoms with Gasteiger partial charge in [0.1, 0.15) is 6.26 Å². The van der Waals surface area contributed by atoms with Crippen LogP contribution >= 0.6 is 0 Å². The summed E-state index contributed by atoms with van der Waals surface area (Å²) in [6.07, 6.45) is 2.16. The number of H-pyrrole nitrogens is 1. The Morgan fingerprint density at radius 3 is 2.96 bits per heavy atom. The molecule has 130 valence electrons. The molecule has 0 spiro atoms. The van der Waals surface area contributed by atoms with E-state index in [9.17, 15) is 4.79 Å². The number of benzene rings is 1. The molecule has 1 atom stereocenters. The Morgan fingerprint density at radius 1 is 1.44 bits per heavy atom. The zero-order valence-electron chi connectivity index (χ0n) is 14.3. The zero-order chi connectivity index (χ0) is 17.6. The number of hydrogen-bond donors (Lipinski definition) is 2. The summed E-state index contributed by atoms with van der Waals surface area (Å²) in [7, 11) is 0. The molecular weight excluding hydrogens is 318 g/mol. The van der Waals surface area contributed by atoms with Crippen molar-refractivity contribution in [2.24, 2.45) is 5.92 Å². The average molecular weight is 339 g/mol. The Morgan fingerprint density at radius 2 is 2.24 bits per heavy atom. The van der Waals surface area contributed by atoms with E-state index in [1.54, 1.807) is 0 Å². The average Bonchev–Trinajstić information content (AvgIpc) is 3.18. The quantitative estimate of drug-likeness (QED) is 0.759. The minimum absolute atomic E-state index is 0.0422. The molecule has 3 heterocycles. The number of para-hydroxylation sites is 1. The first-order valence-electron chi connectivity index (χ1n) is 8.56. The molecule has 6 heteroatoms. The minimum atomic E-state index is -1.06. The van der Waals surface area contributed by atoms with E-state index < -0.39 is 5.97 Å². The molecule has 3 aromatic rings. The van der Waals surface area contributed by atoms with E-state index >= 15 is 0 Å². The third-order valence-electron chi connectivity index (χ3n) is 4.93. The first-order valence-corrected chi connectivity index (χ1v) is 8.56. The molecule has 0 aliphatic carbocycles. The van der Waals surface area contributed by atoms with Gasteiger partial charge in [0.15, 0.2) is 5.69 Å². The van der Waals surface area contributed by atoms with Gasteiger partial charge in [-0.3, -0.25) is 4.90 Å². The number of fused-ring (bicyclic) bond motifs is 3. The van der Waals surface area contributed by atoms with Crippen LogP contribution in [0, 0.1) is 5.92 Å². The first-order chi connectivity index (χ1) is 12.0. The number of hydrogen-bond acceptors (Lipinski definition) is 4. The predicted octanol–water partition coefficient (Wildman–Crippen LogP) is 3.61. The number of aromatic amines is 1. The molecule has 0 saturated heterocycles. The van der Waals surface area contributed by atoms with Crippen molar-refractivity contribution in [2.75, 3.05) is 6.54 Å². The van der Waals surface area contributed by atoms with Crippen LogP contribution in [0.3, 0.4) is 0 Å². The van der Waals surface area contributed by atoms with Gasteiger partial charge in [-0.2, -0.15) is 0 Å². The van der Waals surface area contributed by atoms with Gasteiger partial charge in [-0.15, -0.1) is 0 Å². The van der Waals surface area contributed by atoms with E-state index in [1.807, 2.05) is 6.07 Å². The number of nitrogens with one attached hydrogen (secondary N) is 1. The highest BCUT2D eigenvalue weighted by atomic mass is 16.4. The fraction of sp³-hybridized carbons (Fsp3) is 0.368. The van der Waals surface area contributed by atoms with Gasteiger partial charge in [0, 0.05) is 23.1 Å². The highest BCUT2D eigenvalue weighted by molar-refractivity contribution is 5.85. The molecule has 0 amide bonds. The van der Waals surface area contributed by atoms with Crippen LogP contribution in [0.5, 0.6) is 0 Å². The number of carboxylic acid groups (broad SMARTS) is 1. The van der Waals surface area contributed by atoms with Gasteiger partial charge in [-0.05, 0) is 24.0 Å². The lowest BCUT2D eigenvalue weighted by Gasteiger charge is -2.37. The largest absolute Gasteiger partial charge is 0.476 e. The Labute approximate surface area is 145 Å². The highest BCUT2D eigenvalue weighted by Crippen LogP contribution is 2.38. The fourth-order valence-corrected chi connectivity index (χ4v) is 3.91. The summed E-state index contributed by atoms with van der Waals surface area (Å²) >= 11 is 0. The van der Waals surface area contributed by atoms with Gasteiger partial charge in [0.2, 0.25) is 5.89 Å². The minimum Gasteiger partial charge on any atom is -0.476 e. The molecule has 0 radical (unpaired) electrons. The van der Waals surface area contributed by atoms with Crippen LogP contribution in [-0.4, -0.2) is 32.5 Å². The second-order valence-corrected chi connectivity index (χ2v) is 6.90. The fourth-order valence-electron chi connectivity index (χ4n) is 3.91. The maximum atomic E-state index is 11.0. The zero-order valence-corrected chi connectivity index (χ0v) is 14.3. The van der Waals surface area contributed by atoms with Crippen LogP contribution in [0.2, 0.25) is 0 Å². The van der Waals surface area contributed by atoms with E-state index in [1.165, 1.54) is 28.4 Å². The molecule has 0 saturated carbocycles. The van der Waals surface area contributed by atoms with Gasteiger partial charge in [-0.25, -0.2) is 9.78 Å². The van der Waals surface area contributed by atoms with Crippen molar-refractivity contribution < 1.29 is 14.3 Å². The number of aromatic carboxylic acids is 1. The Kier molecular flexibility index (Phi) is 3.84. The molecule has 1 aromatic carbocycles. The highest BCUT2D eigenvalue weighted by Gasteiger charge is 2.33. The van der Waals surface area contributed by atoms with Crippen molar-refractivity contribution >= 4 is 16.9 Å². The summed E-state index contributed by atoms with van der Waals surface area (Å²) < 4.78 is 5.36. The van der Waals surface area contributed by atoms with Crippen molar-refractivity contribution in [1.29, 1.82) is 0 Å². The molecular formula is C19H21N3O3. The van der Waals surface area contributed by atoms with E-state index in [2.05, 4.69) is 46.9 Å². The molecule has 1 unspecified atom stereocenters. The van der Waals surface area contributed by atoms with Crippen molar-refractivity contribution in [3.05, 3.63) is 53.4 Å². The summed E-state index contributed by atoms with van der Waals surface area (Å²) in [6, 6.07) is 8.63. The van der Waals surface area contributed by atoms with Crippen LogP contribution < -0.4 is 0 Å². The van der Waals surface area contributed by atoms with Crippen LogP contribution in [0.1, 0.15) is 47.5 Å². The van der Waals surface area contributed by atoms with E-state index in [0.717, 1.165) is 13.0 Å². The summed E-state index contributed by atoms with van der Waals surface area (Å²) in [6.45, 7) is 5.81. The number of nitrogens with zero attached hydrogens (tertiary/aromatic N) is 2. The summed E-state index contributed by atoms with van der Waals surface area (Å²) in [5, 5.41) is 10.3. The Bertz CT molecular complexity index is 925. The van der Waals surface area contributed by atoms with E-state index in [4.69, 9.17) is 9.52 Å². The monoisotopic (exact) mass is 339 g/mol. The summed E-state index contributed by atoms with van der Waals surface area (Å²) in [4.78, 5) is 21.0. The molecule has 2 aromatic heterocycles. The topological polar surface area (TPSA) is 82.4 Å². The SMILES string of the molecule is CC(C)C1c2[nH]c3ccccc3c2CCN1Cc1nc(C(=O)O)co1. The summed E-state index contributed by atoms with van der Waals surface area (Å²) in [5.41, 5.74) is 3.78. The van der Waals surface area contributed by atoms with Crippen LogP contribution in [0.4, 0.5) is 0 Å². The standard InChI is InChI=1S/C19H21N3O3/c1-11(2)18-17-13(12-5-3-4-6-14(12)21-17)7-8-22(18)9-16-20-15(10-25-16)19(23)24/h3-6,10-11,18,21H,7-9H2,1-2H3,(H,23,24). The third-order valence-corrected chi connectivity index (χ3v) is 4.93. The molecule has 1 aliphatic heterocycles. The predicted molar refractivity (Wildman–Crippen MR) is 93.5 cm³/mol. The summed E-state index contributed by atoms with van der Waals surface area (Å²) in [5.74, 6) is -0.212. The number of carboxylic acids is 1. The molecule has 0 bridgehead atoms. The second-order valence-electron chi connectivity index (χ2n) is 6.90. The molecule has 2 N–H and O–H groups in total. The maximum Gasteiger partial charge on any atom is 0.357 e. The van der Waals surface area contributed by atoms with Crippen LogP contribution in [0.15, 0.2) is 34.9 Å². The van der Waals surface area contributed by atoms with Crippen molar-refractivity contribution in [1.82, 2.24) is 14.9 Å². The Hall–Kier alpha value is -2.60. The molecule has 1 aliphatic rings. The first kappa shape index (κ1) is 15.9. The van der Waals surface area contributed by atoms with Crippen LogP contribution in [-0.2, 0) is 13.0 Å². The third kappa shape index (κ3) is 2.72. The van der Waals surface area contributed by atoms with Crippen molar-refractivity contribution in [3.8, 4) is 0 Å². The van der Waals surface area contributed by atoms with Gasteiger partial charge >= 0.3 is 5.97 Å². The number of oxazole rings is 1. The number of rotatable bonds is 4. The smallest absolute Gasteiger partial charge is 0.357 e. The van der Waals surface area contributed by atoms with Gasteiger partial charge in [0.05, 0.1) is 12.6 Å². The molecule has 4 rings (SSSR count). The molecule has 25 heavy (non-hydrogen) atoms. The molecule has 0 fully saturated rings. The maximum absolute atomic E-state index is 11.0. The lowest BCUT2D eigenvalue weighted by Crippen LogP contribution is -2.37. The lowest BCUT2D eigenvalue weighted by atomic mass is 9.90. The van der Waals surface area contributed by atoms with Crippen molar-refractivity contribution in [3.63, 3.8) is 0 Å². The number of carbonyl (C=O) groups is 1. The normalized spacial score (nSPS) is 18.0. The molecule has 6 nitrogen and oxygen atoms in total. The van der Waals surface area contributed by atoms with Gasteiger partial charge in [-0.1, -0.05) is 32.0 Å². The Balaban J connectivity index is 1.68.